The van der Waals surface area contributed by atoms with Crippen molar-refractivity contribution in [1.29, 1.82) is 0 Å². The minimum atomic E-state index is 0.667. The molecule has 0 spiro atoms. The zero-order chi connectivity index (χ0) is 57.3. The molecule has 0 bridgehead atoms. The quantitative estimate of drug-likeness (QED) is 0.166. The lowest BCUT2D eigenvalue weighted by Crippen LogP contribution is -1.99. The number of hydrogen-bond donors (Lipinski definition) is 0. The van der Waals surface area contributed by atoms with Crippen LogP contribution in [0.3, 0.4) is 0 Å². The number of hydrogen-bond acceptors (Lipinski definition) is 5. The fourth-order valence-electron chi connectivity index (χ4n) is 14.5. The zero-order valence-corrected chi connectivity index (χ0v) is 49.4. The van der Waals surface area contributed by atoms with Crippen LogP contribution >= 0.6 is 34.0 Å². The Morgan fingerprint density at radius 1 is 0.216 bits per heavy atom. The molecule has 7 heterocycles. The van der Waals surface area contributed by atoms with Crippen molar-refractivity contribution in [3.05, 3.63) is 273 Å². The van der Waals surface area contributed by atoms with Crippen molar-refractivity contribution < 1.29 is 0 Å². The lowest BCUT2D eigenvalue weighted by Gasteiger charge is -2.15. The number of benzene rings is 13. The molecule has 0 saturated heterocycles. The first-order valence-electron chi connectivity index (χ1n) is 29.8. The fraction of sp³-hybridized carbons (Fsp3) is 0. The molecule has 7 aromatic heterocycles. The molecule has 408 valence electrons. The van der Waals surface area contributed by atoms with Gasteiger partial charge in [-0.25, -0.2) is 9.97 Å². The van der Waals surface area contributed by atoms with E-state index in [9.17, 15) is 0 Å². The molecule has 20 rings (SSSR count). The van der Waals surface area contributed by atoms with Crippen molar-refractivity contribution >= 4 is 171 Å². The molecule has 0 radical (unpaired) electrons. The van der Waals surface area contributed by atoms with Crippen LogP contribution < -0.4 is 0 Å². The number of aromatic nitrogens is 5. The van der Waals surface area contributed by atoms with Gasteiger partial charge in [0.1, 0.15) is 0 Å². The number of rotatable bonds is 6. The molecule has 0 N–H and O–H groups in total. The predicted octanol–water partition coefficient (Wildman–Crippen LogP) is 23.0. The predicted molar refractivity (Wildman–Crippen MR) is 378 cm³/mol. The highest BCUT2D eigenvalue weighted by atomic mass is 32.1. The van der Waals surface area contributed by atoms with Crippen molar-refractivity contribution in [2.45, 2.75) is 0 Å². The molecule has 0 aliphatic carbocycles. The van der Waals surface area contributed by atoms with Gasteiger partial charge in [-0.1, -0.05) is 152 Å². The summed E-state index contributed by atoms with van der Waals surface area (Å²) in [6.45, 7) is 0. The summed E-state index contributed by atoms with van der Waals surface area (Å²) in [6, 6.07) is 101. The second-order valence-electron chi connectivity index (χ2n) is 23.2. The Hall–Kier alpha value is -10.7. The van der Waals surface area contributed by atoms with E-state index in [1.54, 1.807) is 0 Å². The highest BCUT2D eigenvalue weighted by Gasteiger charge is 2.22. The average molecular weight is 1170 g/mol. The second kappa shape index (κ2) is 18.4. The Kier molecular flexibility index (Phi) is 10.1. The average Bonchev–Trinajstić information content (AvgIpc) is 1.79. The van der Waals surface area contributed by atoms with E-state index >= 15 is 0 Å². The highest BCUT2D eigenvalue weighted by Crippen LogP contribution is 2.46. The summed E-state index contributed by atoms with van der Waals surface area (Å²) in [7, 11) is 0. The van der Waals surface area contributed by atoms with E-state index in [1.165, 1.54) is 120 Å². The molecular weight excluding hydrogens is 1130 g/mol. The Morgan fingerprint density at radius 3 is 1.06 bits per heavy atom. The molecule has 0 fully saturated rings. The van der Waals surface area contributed by atoms with Gasteiger partial charge in [-0.15, -0.1) is 34.0 Å². The van der Waals surface area contributed by atoms with Crippen LogP contribution in [-0.2, 0) is 0 Å². The molecule has 88 heavy (non-hydrogen) atoms. The third-order valence-corrected chi connectivity index (χ3v) is 21.8. The van der Waals surface area contributed by atoms with Crippen molar-refractivity contribution in [1.82, 2.24) is 23.7 Å². The van der Waals surface area contributed by atoms with Crippen LogP contribution in [0, 0.1) is 0 Å². The summed E-state index contributed by atoms with van der Waals surface area (Å²) < 4.78 is 15.1. The molecule has 20 aromatic rings. The first-order chi connectivity index (χ1) is 43.6. The van der Waals surface area contributed by atoms with Crippen LogP contribution in [0.25, 0.3) is 188 Å². The third-order valence-electron chi connectivity index (χ3n) is 18.4. The summed E-state index contributed by atoms with van der Waals surface area (Å²) in [5.41, 5.74) is 16.2. The van der Waals surface area contributed by atoms with Gasteiger partial charge >= 0.3 is 0 Å². The van der Waals surface area contributed by atoms with Gasteiger partial charge in [0.05, 0.1) is 44.3 Å². The van der Waals surface area contributed by atoms with Gasteiger partial charge in [0.25, 0.3) is 0 Å². The lowest BCUT2D eigenvalue weighted by atomic mass is 9.99. The molecule has 0 aliphatic rings. The molecule has 0 amide bonds. The van der Waals surface area contributed by atoms with E-state index in [0.717, 1.165) is 61.4 Å². The Balaban J connectivity index is 0.780. The number of thiophene rings is 3. The Bertz CT molecular complexity index is 6400. The normalized spacial score (nSPS) is 12.3. The topological polar surface area (TPSA) is 40.6 Å². The number of fused-ring (bicyclic) bond motifs is 19. The number of para-hydroxylation sites is 3. The highest BCUT2D eigenvalue weighted by molar-refractivity contribution is 7.26. The second-order valence-corrected chi connectivity index (χ2v) is 26.5. The maximum absolute atomic E-state index is 5.74. The minimum Gasteiger partial charge on any atom is -0.309 e. The van der Waals surface area contributed by atoms with E-state index in [1.807, 2.05) is 34.0 Å². The van der Waals surface area contributed by atoms with Gasteiger partial charge in [-0.3, -0.25) is 0 Å². The third kappa shape index (κ3) is 7.07. The lowest BCUT2D eigenvalue weighted by molar-refractivity contribution is 1.17. The summed E-state index contributed by atoms with van der Waals surface area (Å²) >= 11 is 5.59. The van der Waals surface area contributed by atoms with E-state index in [4.69, 9.17) is 9.97 Å². The minimum absolute atomic E-state index is 0.667. The van der Waals surface area contributed by atoms with E-state index in [0.29, 0.717) is 5.82 Å². The molecule has 0 atom stereocenters. The summed E-state index contributed by atoms with van der Waals surface area (Å²) in [4.78, 5) is 11.3. The van der Waals surface area contributed by atoms with Gasteiger partial charge in [-0.2, -0.15) is 0 Å². The van der Waals surface area contributed by atoms with Crippen LogP contribution in [0.5, 0.6) is 0 Å². The smallest absolute Gasteiger partial charge is 0.160 e. The Labute approximate surface area is 514 Å². The zero-order valence-electron chi connectivity index (χ0n) is 46.9. The van der Waals surface area contributed by atoms with Gasteiger partial charge in [0.2, 0.25) is 0 Å². The molecule has 5 nitrogen and oxygen atoms in total. The molecule has 8 heteroatoms. The molecule has 0 unspecified atom stereocenters. The van der Waals surface area contributed by atoms with Gasteiger partial charge < -0.3 is 13.7 Å². The monoisotopic (exact) mass is 1170 g/mol. The van der Waals surface area contributed by atoms with Crippen LogP contribution in [-0.4, -0.2) is 23.7 Å². The van der Waals surface area contributed by atoms with E-state index in [-0.39, 0.29) is 0 Å². The molecule has 0 saturated carbocycles. The number of nitrogens with zero attached hydrogens (tertiary/aromatic N) is 5. The van der Waals surface area contributed by atoms with Crippen LogP contribution in [0.4, 0.5) is 0 Å². The summed E-state index contributed by atoms with van der Waals surface area (Å²) in [5, 5.41) is 16.2. The van der Waals surface area contributed by atoms with Crippen molar-refractivity contribution in [3.8, 4) is 50.8 Å². The van der Waals surface area contributed by atoms with Crippen LogP contribution in [0.15, 0.2) is 273 Å². The molecule has 13 aromatic carbocycles. The van der Waals surface area contributed by atoms with Gasteiger partial charge in [-0.05, 0) is 132 Å². The maximum atomic E-state index is 5.74. The van der Waals surface area contributed by atoms with Crippen molar-refractivity contribution in [3.63, 3.8) is 0 Å². The van der Waals surface area contributed by atoms with Crippen LogP contribution in [0.2, 0.25) is 0 Å². The molecule has 0 aliphatic heterocycles. The van der Waals surface area contributed by atoms with Crippen molar-refractivity contribution in [2.24, 2.45) is 0 Å². The SMILES string of the molecule is c1cc(-c2ccc3nc(-c4cccc(-n5c6ccccc6c6cc7c(cc65)sc5ccccc57)c4)nc(-c4cccc(-n5c6ccccc6c6cc7c(cc65)sc5ccccc57)c4)c3c2)cc(-n2c3ccccc3c3cc4c(cc32)sc2ccccc24)c1. The standard InChI is InChI=1S/C80H45N5S3/c1-7-28-67-53(22-1)59-40-62-56-25-4-10-31-73(56)86-76(62)43-70(59)83(67)50-19-13-16-46(36-50)47-34-35-66-65(39-47)79(48-17-14-20-51(37-48)84-68-29-8-2-23-54(68)60-41-63-57-26-5-11-32-74(57)87-77(63)44-71(60)84)82-80(81-66)49-18-15-21-52(38-49)85-69-30-9-3-24-55(69)61-42-64-58-27-6-12-33-75(58)88-78(64)45-72(61)85/h1-45H. The first-order valence-corrected chi connectivity index (χ1v) is 32.2. The Morgan fingerprint density at radius 2 is 0.591 bits per heavy atom. The van der Waals surface area contributed by atoms with Crippen LogP contribution in [0.1, 0.15) is 0 Å². The first kappa shape index (κ1) is 48.5. The summed E-state index contributed by atoms with van der Waals surface area (Å²) in [6.07, 6.45) is 0. The summed E-state index contributed by atoms with van der Waals surface area (Å²) in [5.74, 6) is 0.667. The van der Waals surface area contributed by atoms with E-state index in [2.05, 4.69) is 287 Å². The maximum Gasteiger partial charge on any atom is 0.160 e. The largest absolute Gasteiger partial charge is 0.309 e. The van der Waals surface area contributed by atoms with Gasteiger partial charge in [0.15, 0.2) is 5.82 Å². The fourth-order valence-corrected chi connectivity index (χ4v) is 17.8. The van der Waals surface area contributed by atoms with E-state index < -0.39 is 0 Å². The van der Waals surface area contributed by atoms with Crippen molar-refractivity contribution in [2.75, 3.05) is 0 Å². The molecular formula is C80H45N5S3. The van der Waals surface area contributed by atoms with Gasteiger partial charge in [0, 0.05) is 126 Å².